The molecule has 0 amide bonds. The Morgan fingerprint density at radius 2 is 1.12 bits per heavy atom. The van der Waals surface area contributed by atoms with E-state index < -0.39 is 67.6 Å². The first-order chi connectivity index (χ1) is 15.3. The first-order valence-electron chi connectivity index (χ1n) is 8.26. The molecule has 0 N–H and O–H groups in total. The molecule has 2 rings (SSSR count). The van der Waals surface area contributed by atoms with E-state index in [1.54, 1.807) is 0 Å². The van der Waals surface area contributed by atoms with Crippen molar-refractivity contribution in [1.29, 1.82) is 26.3 Å². The van der Waals surface area contributed by atoms with Crippen molar-refractivity contribution in [2.24, 2.45) is 0 Å². The molecule has 0 spiro atoms. The summed E-state index contributed by atoms with van der Waals surface area (Å²) in [6, 6.07) is 8.10. The number of halogens is 7. The lowest BCUT2D eigenvalue weighted by Gasteiger charge is -2.16. The molecule has 0 aromatic heterocycles. The van der Waals surface area contributed by atoms with E-state index in [0.29, 0.717) is 0 Å². The van der Waals surface area contributed by atoms with Crippen LogP contribution in [-0.4, -0.2) is 0 Å². The Hall–Kier alpha value is -4.86. The number of nitrogens with zero attached hydrogens (tertiary/aromatic N) is 5. The van der Waals surface area contributed by atoms with E-state index in [1.807, 2.05) is 0 Å². The molecule has 0 aliphatic rings. The lowest BCUT2D eigenvalue weighted by atomic mass is 9.92. The molecule has 0 aliphatic carbocycles. The largest absolute Gasteiger partial charge is 0.417 e. The van der Waals surface area contributed by atoms with Gasteiger partial charge < -0.3 is 0 Å². The van der Waals surface area contributed by atoms with Gasteiger partial charge in [0.15, 0.2) is 0 Å². The minimum Gasteiger partial charge on any atom is -0.205 e. The Morgan fingerprint density at radius 1 is 0.667 bits per heavy atom. The topological polar surface area (TPSA) is 119 Å². The third-order valence-corrected chi connectivity index (χ3v) is 4.28. The molecular formula is C21H4F7N5. The molecule has 0 unspecified atom stereocenters. The van der Waals surface area contributed by atoms with Crippen molar-refractivity contribution in [2.45, 2.75) is 12.4 Å². The Morgan fingerprint density at radius 3 is 1.48 bits per heavy atom. The van der Waals surface area contributed by atoms with Gasteiger partial charge in [-0.2, -0.15) is 52.7 Å². The zero-order chi connectivity index (χ0) is 25.1. The molecule has 33 heavy (non-hydrogen) atoms. The zero-order valence-electron chi connectivity index (χ0n) is 15.7. The second-order valence-electron chi connectivity index (χ2n) is 6.10. The fourth-order valence-electron chi connectivity index (χ4n) is 2.87. The molecule has 0 atom stereocenters. The van der Waals surface area contributed by atoms with Gasteiger partial charge in [0.2, 0.25) is 0 Å². The molecule has 2 aromatic rings. The van der Waals surface area contributed by atoms with Crippen molar-refractivity contribution in [3.05, 3.63) is 68.3 Å². The molecule has 0 radical (unpaired) electrons. The third kappa shape index (κ3) is 4.44. The molecule has 0 fully saturated rings. The van der Waals surface area contributed by atoms with Crippen molar-refractivity contribution >= 4 is 11.1 Å². The Bertz CT molecular complexity index is 1450. The van der Waals surface area contributed by atoms with Crippen molar-refractivity contribution in [2.75, 3.05) is 0 Å². The summed E-state index contributed by atoms with van der Waals surface area (Å²) in [5.41, 5.74) is -9.35. The average molecular weight is 459 g/mol. The molecule has 12 heteroatoms. The lowest BCUT2D eigenvalue weighted by molar-refractivity contribution is -0.143. The van der Waals surface area contributed by atoms with Gasteiger partial charge in [-0.1, -0.05) is 6.07 Å². The Labute approximate surface area is 180 Å². The van der Waals surface area contributed by atoms with Crippen LogP contribution >= 0.6 is 0 Å². The van der Waals surface area contributed by atoms with Crippen molar-refractivity contribution in [3.8, 4) is 30.3 Å². The van der Waals surface area contributed by atoms with Crippen LogP contribution in [-0.2, 0) is 12.4 Å². The van der Waals surface area contributed by atoms with Gasteiger partial charge >= 0.3 is 12.4 Å². The van der Waals surface area contributed by atoms with Crippen LogP contribution in [0.25, 0.3) is 11.1 Å². The molecule has 0 saturated heterocycles. The molecule has 2 aromatic carbocycles. The van der Waals surface area contributed by atoms with E-state index in [0.717, 1.165) is 18.2 Å². The number of rotatable bonds is 1. The summed E-state index contributed by atoms with van der Waals surface area (Å²) in [7, 11) is 0. The molecule has 0 saturated carbocycles. The number of hydrogen-bond acceptors (Lipinski definition) is 5. The molecular weight excluding hydrogens is 455 g/mol. The first kappa shape index (κ1) is 24.4. The Balaban J connectivity index is 3.17. The summed E-state index contributed by atoms with van der Waals surface area (Å²) in [6.07, 6.45) is -10.9. The van der Waals surface area contributed by atoms with E-state index in [2.05, 4.69) is 0 Å². The molecule has 5 nitrogen and oxygen atoms in total. The van der Waals surface area contributed by atoms with Crippen LogP contribution in [0.15, 0.2) is 24.3 Å². The maximum Gasteiger partial charge on any atom is 0.417 e. The minimum absolute atomic E-state index is 0.0911. The standard InChI is InChI=1S/C21H4F7N5/c22-19-13(2-1-12(15(19)8-32)11(5-29)6-30)14(7-31)10-3-17(20(23,24)25)16(9-33)18(4-10)21(26,27)28/h1-4H/b14-13-. The lowest BCUT2D eigenvalue weighted by Crippen LogP contribution is -2.23. The van der Waals surface area contributed by atoms with Gasteiger partial charge in [-0.3, -0.25) is 0 Å². The Kier molecular flexibility index (Phi) is 6.44. The fourth-order valence-corrected chi connectivity index (χ4v) is 2.87. The van der Waals surface area contributed by atoms with Gasteiger partial charge in [0.05, 0.1) is 27.8 Å². The molecule has 162 valence electrons. The number of hydrogen-bond donors (Lipinski definition) is 0. The number of alkyl halides is 6. The van der Waals surface area contributed by atoms with Crippen LogP contribution in [0, 0.1) is 62.5 Å². The highest BCUT2D eigenvalue weighted by Crippen LogP contribution is 2.40. The maximum absolute atomic E-state index is 15.0. The summed E-state index contributed by atoms with van der Waals surface area (Å²) in [6.45, 7) is 0. The van der Waals surface area contributed by atoms with Crippen LogP contribution < -0.4 is 10.4 Å². The van der Waals surface area contributed by atoms with Crippen molar-refractivity contribution in [1.82, 2.24) is 0 Å². The maximum atomic E-state index is 15.0. The van der Waals surface area contributed by atoms with Crippen LogP contribution in [0.3, 0.4) is 0 Å². The van der Waals surface area contributed by atoms with Crippen LogP contribution in [0.5, 0.6) is 0 Å². The van der Waals surface area contributed by atoms with Gasteiger partial charge in [-0.25, -0.2) is 4.39 Å². The van der Waals surface area contributed by atoms with Gasteiger partial charge in [0.1, 0.15) is 41.7 Å². The first-order valence-corrected chi connectivity index (χ1v) is 8.26. The second-order valence-corrected chi connectivity index (χ2v) is 6.10. The van der Waals surface area contributed by atoms with E-state index in [-0.39, 0.29) is 12.1 Å². The van der Waals surface area contributed by atoms with E-state index in [1.165, 1.54) is 24.3 Å². The average Bonchev–Trinajstić information content (AvgIpc) is 2.74. The number of nitriles is 5. The van der Waals surface area contributed by atoms with Crippen molar-refractivity contribution < 1.29 is 30.7 Å². The van der Waals surface area contributed by atoms with E-state index >= 15 is 0 Å². The van der Waals surface area contributed by atoms with E-state index in [9.17, 15) is 41.3 Å². The van der Waals surface area contributed by atoms with E-state index in [4.69, 9.17) is 15.8 Å². The normalized spacial score (nSPS) is 11.8. The minimum atomic E-state index is -5.43. The van der Waals surface area contributed by atoms with Gasteiger partial charge in [-0.15, -0.1) is 0 Å². The quantitative estimate of drug-likeness (QED) is 0.605. The summed E-state index contributed by atoms with van der Waals surface area (Å²) in [5, 5.41) is 44.0. The van der Waals surface area contributed by atoms with Gasteiger partial charge in [0, 0.05) is 10.4 Å². The monoisotopic (exact) mass is 459 g/mol. The van der Waals surface area contributed by atoms with Crippen LogP contribution in [0.2, 0.25) is 0 Å². The summed E-state index contributed by atoms with van der Waals surface area (Å²) < 4.78 is 95.3. The van der Waals surface area contributed by atoms with Crippen LogP contribution in [0.1, 0.15) is 27.8 Å². The predicted molar refractivity (Wildman–Crippen MR) is 94.3 cm³/mol. The van der Waals surface area contributed by atoms with Gasteiger partial charge in [0.25, 0.3) is 0 Å². The molecule has 0 aliphatic heterocycles. The highest BCUT2D eigenvalue weighted by molar-refractivity contribution is 5.79. The predicted octanol–water partition coefficient (Wildman–Crippen LogP) is 3.53. The third-order valence-electron chi connectivity index (χ3n) is 4.28. The summed E-state index contributed by atoms with van der Waals surface area (Å²) >= 11 is 0. The fraction of sp³-hybridized carbons (Fsp3) is 0.0952. The highest BCUT2D eigenvalue weighted by atomic mass is 19.4. The van der Waals surface area contributed by atoms with Gasteiger partial charge in [-0.05, 0) is 23.8 Å². The highest BCUT2D eigenvalue weighted by Gasteiger charge is 2.42. The van der Waals surface area contributed by atoms with Crippen LogP contribution in [0.4, 0.5) is 30.7 Å². The smallest absolute Gasteiger partial charge is 0.205 e. The summed E-state index contributed by atoms with van der Waals surface area (Å²) in [4.78, 5) is 0. The zero-order valence-corrected chi connectivity index (χ0v) is 15.7. The molecule has 0 heterocycles. The van der Waals surface area contributed by atoms with Crippen molar-refractivity contribution in [3.63, 3.8) is 0 Å². The SMILES string of the molecule is N#CC(C#N)=c1cc/c(=C(\C#N)c2cc(C(F)(F)F)c(C#N)c(C(F)(F)F)c2)c(F)c1C#N. The second kappa shape index (κ2) is 8.71. The molecule has 0 bridgehead atoms. The summed E-state index contributed by atoms with van der Waals surface area (Å²) in [5.74, 6) is -1.54. The number of benzene rings is 2.